The fourth-order valence-corrected chi connectivity index (χ4v) is 4.01. The second-order valence-electron chi connectivity index (χ2n) is 4.56. The monoisotopic (exact) mass is 215 g/mol. The number of hydrogen-bond donors (Lipinski definition) is 0. The van der Waals surface area contributed by atoms with Gasteiger partial charge in [0.25, 0.3) is 0 Å². The first-order valence-corrected chi connectivity index (χ1v) is 8.82. The normalized spacial score (nSPS) is 20.3. The largest absolute Gasteiger partial charge is 0.0801 e. The Morgan fingerprint density at radius 2 is 2.20 bits per heavy atom. The first-order chi connectivity index (χ1) is 7.24. The van der Waals surface area contributed by atoms with Crippen molar-refractivity contribution in [1.29, 1.82) is 0 Å². The Morgan fingerprint density at radius 3 is 2.73 bits per heavy atom. The summed E-state index contributed by atoms with van der Waals surface area (Å²) in [6.07, 6.45) is 13.7. The van der Waals surface area contributed by atoms with Crippen LogP contribution in [0.3, 0.4) is 0 Å². The van der Waals surface area contributed by atoms with E-state index in [-0.39, 0.29) is 0 Å². The van der Waals surface area contributed by atoms with E-state index in [9.17, 15) is 0 Å². The van der Waals surface area contributed by atoms with E-state index in [2.05, 4.69) is 44.3 Å². The summed E-state index contributed by atoms with van der Waals surface area (Å²) in [5, 5.41) is 1.74. The third-order valence-corrected chi connectivity index (χ3v) is 5.23. The van der Waals surface area contributed by atoms with Crippen molar-refractivity contribution in [2.75, 3.05) is 0 Å². The van der Waals surface area contributed by atoms with Gasteiger partial charge in [-0.1, -0.05) is 43.4 Å². The van der Waals surface area contributed by atoms with Gasteiger partial charge in [-0.15, -0.1) is 0 Å². The first kappa shape index (κ1) is 10.7. The second kappa shape index (κ2) is 4.36. The van der Waals surface area contributed by atoms with Gasteiger partial charge in [-0.3, -0.25) is 0 Å². The summed E-state index contributed by atoms with van der Waals surface area (Å²) in [5.74, 6) is 0. The molecule has 1 radical (unpaired) electrons. The molecule has 0 saturated carbocycles. The van der Waals surface area contributed by atoms with Crippen LogP contribution in [0.5, 0.6) is 0 Å². The number of hydrogen-bond acceptors (Lipinski definition) is 0. The lowest BCUT2D eigenvalue weighted by atomic mass is 9.98. The Balaban J connectivity index is 2.28. The van der Waals surface area contributed by atoms with Gasteiger partial charge in [-0.25, -0.2) is 0 Å². The molecule has 0 aromatic heterocycles. The van der Waals surface area contributed by atoms with Crippen LogP contribution in [0.2, 0.25) is 13.1 Å². The van der Waals surface area contributed by atoms with Gasteiger partial charge in [0.2, 0.25) is 0 Å². The quantitative estimate of drug-likeness (QED) is 0.629. The lowest BCUT2D eigenvalue weighted by molar-refractivity contribution is 1.09. The summed E-state index contributed by atoms with van der Waals surface area (Å²) < 4.78 is 0. The number of allylic oxidation sites excluding steroid dienone is 8. The summed E-state index contributed by atoms with van der Waals surface area (Å²) in [4.78, 5) is 0. The SMILES string of the molecule is CCC1=C([SiH](C)C)C[C]=C1C1=CC=CC1. The average Bonchev–Trinajstić information content (AvgIpc) is 2.85. The van der Waals surface area contributed by atoms with Crippen molar-refractivity contribution in [3.63, 3.8) is 0 Å². The zero-order valence-corrected chi connectivity index (χ0v) is 11.1. The van der Waals surface area contributed by atoms with Gasteiger partial charge < -0.3 is 0 Å². The Kier molecular flexibility index (Phi) is 3.10. The van der Waals surface area contributed by atoms with Gasteiger partial charge in [-0.2, -0.15) is 0 Å². The van der Waals surface area contributed by atoms with Crippen molar-refractivity contribution >= 4 is 8.80 Å². The fraction of sp³-hybridized carbons (Fsp3) is 0.429. The highest BCUT2D eigenvalue weighted by atomic mass is 28.3. The van der Waals surface area contributed by atoms with Gasteiger partial charge in [0.1, 0.15) is 0 Å². The molecular formula is C14H19Si. The molecule has 0 fully saturated rings. The van der Waals surface area contributed by atoms with Gasteiger partial charge in [0.15, 0.2) is 0 Å². The molecule has 0 N–H and O–H groups in total. The van der Waals surface area contributed by atoms with Gasteiger partial charge >= 0.3 is 0 Å². The van der Waals surface area contributed by atoms with Gasteiger partial charge in [0.05, 0.1) is 8.80 Å². The van der Waals surface area contributed by atoms with Gasteiger partial charge in [-0.05, 0) is 42.1 Å². The van der Waals surface area contributed by atoms with Crippen molar-refractivity contribution in [3.8, 4) is 0 Å². The van der Waals surface area contributed by atoms with E-state index in [1.807, 2.05) is 0 Å². The summed E-state index contributed by atoms with van der Waals surface area (Å²) in [6, 6.07) is 0. The molecule has 0 spiro atoms. The molecule has 2 aliphatic carbocycles. The van der Waals surface area contributed by atoms with E-state index in [4.69, 9.17) is 0 Å². The Hall–Kier alpha value is -0.823. The molecule has 0 bridgehead atoms. The maximum Gasteiger partial charge on any atom is 0.0603 e. The van der Waals surface area contributed by atoms with Crippen LogP contribution < -0.4 is 0 Å². The molecular weight excluding hydrogens is 196 g/mol. The molecule has 1 heteroatoms. The van der Waals surface area contributed by atoms with Crippen LogP contribution in [0.25, 0.3) is 0 Å². The molecule has 0 amide bonds. The van der Waals surface area contributed by atoms with E-state index in [1.54, 1.807) is 10.8 Å². The molecule has 0 atom stereocenters. The van der Waals surface area contributed by atoms with Crippen LogP contribution in [-0.4, -0.2) is 8.80 Å². The van der Waals surface area contributed by atoms with Crippen molar-refractivity contribution in [3.05, 3.63) is 46.2 Å². The van der Waals surface area contributed by atoms with Crippen LogP contribution in [0.1, 0.15) is 26.2 Å². The lowest BCUT2D eigenvalue weighted by Crippen LogP contribution is -2.06. The van der Waals surface area contributed by atoms with Crippen LogP contribution in [-0.2, 0) is 0 Å². The molecule has 0 saturated heterocycles. The van der Waals surface area contributed by atoms with Crippen LogP contribution in [0.15, 0.2) is 40.1 Å². The first-order valence-electron chi connectivity index (χ1n) is 5.93. The standard InChI is InChI=1S/C14H19Si/c1-4-12-13(11-7-5-6-8-11)9-10-14(12)15(2)3/h5-7,15H,4,8,10H2,1-3H3. The molecule has 0 aliphatic heterocycles. The average molecular weight is 215 g/mol. The maximum atomic E-state index is 3.60. The summed E-state index contributed by atoms with van der Waals surface area (Å²) in [5.41, 5.74) is 4.54. The molecule has 0 unspecified atom stereocenters. The van der Waals surface area contributed by atoms with Crippen molar-refractivity contribution < 1.29 is 0 Å². The van der Waals surface area contributed by atoms with E-state index >= 15 is 0 Å². The van der Waals surface area contributed by atoms with Crippen LogP contribution in [0, 0.1) is 6.08 Å². The third-order valence-electron chi connectivity index (χ3n) is 3.29. The highest BCUT2D eigenvalue weighted by Crippen LogP contribution is 2.36. The van der Waals surface area contributed by atoms with E-state index in [0.29, 0.717) is 0 Å². The summed E-state index contributed by atoms with van der Waals surface area (Å²) in [6.45, 7) is 7.13. The highest BCUT2D eigenvalue weighted by Gasteiger charge is 2.21. The predicted molar refractivity (Wildman–Crippen MR) is 69.4 cm³/mol. The minimum absolute atomic E-state index is 0.631. The van der Waals surface area contributed by atoms with Crippen molar-refractivity contribution in [2.45, 2.75) is 39.3 Å². The molecule has 0 heterocycles. The van der Waals surface area contributed by atoms with E-state index in [0.717, 1.165) is 12.8 Å². The third kappa shape index (κ3) is 1.93. The maximum absolute atomic E-state index is 3.60. The predicted octanol–water partition coefficient (Wildman–Crippen LogP) is 3.74. The summed E-state index contributed by atoms with van der Waals surface area (Å²) in [7, 11) is -0.631. The van der Waals surface area contributed by atoms with E-state index in [1.165, 1.54) is 17.6 Å². The minimum Gasteiger partial charge on any atom is -0.0801 e. The van der Waals surface area contributed by atoms with Crippen LogP contribution >= 0.6 is 0 Å². The second-order valence-corrected chi connectivity index (χ2v) is 7.57. The van der Waals surface area contributed by atoms with Crippen molar-refractivity contribution in [2.24, 2.45) is 0 Å². The molecule has 2 rings (SSSR count). The fourth-order valence-electron chi connectivity index (χ4n) is 2.45. The topological polar surface area (TPSA) is 0 Å². The number of rotatable bonds is 3. The van der Waals surface area contributed by atoms with E-state index < -0.39 is 8.80 Å². The molecule has 2 aliphatic rings. The molecule has 0 aromatic carbocycles. The zero-order valence-electron chi connectivity index (χ0n) is 9.93. The molecule has 0 aromatic rings. The zero-order chi connectivity index (χ0) is 10.8. The summed E-state index contributed by atoms with van der Waals surface area (Å²) >= 11 is 0. The molecule has 15 heavy (non-hydrogen) atoms. The lowest BCUT2D eigenvalue weighted by Gasteiger charge is -2.12. The highest BCUT2D eigenvalue weighted by molar-refractivity contribution is 6.64. The molecule has 79 valence electrons. The Labute approximate surface area is 94.7 Å². The van der Waals surface area contributed by atoms with Crippen molar-refractivity contribution in [1.82, 2.24) is 0 Å². The Bertz CT molecular complexity index is 378. The van der Waals surface area contributed by atoms with Crippen LogP contribution in [0.4, 0.5) is 0 Å². The Morgan fingerprint density at radius 1 is 1.40 bits per heavy atom. The minimum atomic E-state index is -0.631. The molecule has 0 nitrogen and oxygen atoms in total. The van der Waals surface area contributed by atoms with Gasteiger partial charge in [0, 0.05) is 0 Å². The smallest absolute Gasteiger partial charge is 0.0603 e.